The summed E-state index contributed by atoms with van der Waals surface area (Å²) in [6, 6.07) is 34.3. The summed E-state index contributed by atoms with van der Waals surface area (Å²) in [6.45, 7) is 4.75. The monoisotopic (exact) mass is 659 g/mol. The van der Waals surface area contributed by atoms with Gasteiger partial charge in [-0.05, 0) is 58.7 Å². The summed E-state index contributed by atoms with van der Waals surface area (Å²) >= 11 is 0. The Morgan fingerprint density at radius 3 is 2.18 bits per heavy atom. The van der Waals surface area contributed by atoms with Crippen LogP contribution in [0.4, 0.5) is 20.2 Å². The fourth-order valence-corrected chi connectivity index (χ4v) is 6.17. The number of nitrogens with zero attached hydrogens (tertiary/aromatic N) is 3. The number of carbonyl (C=O) groups excluding carboxylic acids is 2. The Kier molecular flexibility index (Phi) is 10.4. The van der Waals surface area contributed by atoms with E-state index in [1.807, 2.05) is 78.9 Å². The molecule has 5 aromatic rings. The highest BCUT2D eigenvalue weighted by molar-refractivity contribution is 6.08. The largest absolute Gasteiger partial charge is 0.369 e. The van der Waals surface area contributed by atoms with Crippen molar-refractivity contribution in [1.29, 1.82) is 0 Å². The molecule has 1 fully saturated rings. The van der Waals surface area contributed by atoms with Gasteiger partial charge in [-0.2, -0.15) is 0 Å². The molecule has 1 aliphatic rings. The van der Waals surface area contributed by atoms with Gasteiger partial charge in [0.05, 0.1) is 0 Å². The van der Waals surface area contributed by atoms with E-state index >= 15 is 0 Å². The normalized spacial score (nSPS) is 14.2. The van der Waals surface area contributed by atoms with Gasteiger partial charge in [-0.1, -0.05) is 85.8 Å². The Balaban J connectivity index is 1.08. The standard InChI is InChI=1S/C40H39F2N5O2/c1-2-40(41,42)32-16-14-30(15-17-32)35-12-6-7-13-36(35)38(48)45-33-18-20-34(21-19-33)46-23-25-47(26-24-46)37(31-10-4-3-5-11-31)39(49)44-28-29-9-8-22-43-27-29/h3-22,27,37H,2,23-26,28H2,1H3,(H,44,49)(H,45,48). The third kappa shape index (κ3) is 8.01. The molecule has 2 N–H and O–H groups in total. The molecular weight excluding hydrogens is 620 g/mol. The molecule has 1 aliphatic heterocycles. The number of pyridine rings is 1. The van der Waals surface area contributed by atoms with E-state index in [0.717, 1.165) is 29.9 Å². The Hall–Kier alpha value is -5.41. The summed E-state index contributed by atoms with van der Waals surface area (Å²) in [6.07, 6.45) is 3.20. The average molecular weight is 660 g/mol. The van der Waals surface area contributed by atoms with Gasteiger partial charge < -0.3 is 15.5 Å². The van der Waals surface area contributed by atoms with E-state index in [4.69, 9.17) is 0 Å². The van der Waals surface area contributed by atoms with Gasteiger partial charge in [0.2, 0.25) is 5.91 Å². The molecule has 4 aromatic carbocycles. The number of piperazine rings is 1. The number of hydrogen-bond acceptors (Lipinski definition) is 5. The number of halogens is 2. The van der Waals surface area contributed by atoms with E-state index in [2.05, 4.69) is 25.4 Å². The van der Waals surface area contributed by atoms with Gasteiger partial charge in [-0.25, -0.2) is 8.78 Å². The van der Waals surface area contributed by atoms with Crippen LogP contribution in [0.2, 0.25) is 0 Å². The van der Waals surface area contributed by atoms with Crippen LogP contribution in [-0.4, -0.2) is 47.9 Å². The molecule has 0 bridgehead atoms. The number of aromatic nitrogens is 1. The van der Waals surface area contributed by atoms with Gasteiger partial charge in [-0.3, -0.25) is 19.5 Å². The lowest BCUT2D eigenvalue weighted by atomic mass is 9.96. The molecule has 1 atom stereocenters. The molecule has 0 spiro atoms. The van der Waals surface area contributed by atoms with Crippen molar-refractivity contribution in [2.45, 2.75) is 31.9 Å². The molecular formula is C40H39F2N5O2. The van der Waals surface area contributed by atoms with Crippen molar-refractivity contribution in [3.05, 3.63) is 150 Å². The summed E-state index contributed by atoms with van der Waals surface area (Å²) in [4.78, 5) is 35.5. The lowest BCUT2D eigenvalue weighted by Crippen LogP contribution is -2.51. The first-order chi connectivity index (χ1) is 23.8. The van der Waals surface area contributed by atoms with Crippen LogP contribution in [0.15, 0.2) is 128 Å². The van der Waals surface area contributed by atoms with Crippen LogP contribution in [0.25, 0.3) is 11.1 Å². The van der Waals surface area contributed by atoms with Gasteiger partial charge in [0, 0.05) is 74.0 Å². The van der Waals surface area contributed by atoms with Gasteiger partial charge in [0.1, 0.15) is 6.04 Å². The second-order valence-electron chi connectivity index (χ2n) is 12.1. The highest BCUT2D eigenvalue weighted by Gasteiger charge is 2.31. The molecule has 1 aromatic heterocycles. The molecule has 2 amide bonds. The second kappa shape index (κ2) is 15.2. The minimum atomic E-state index is -2.89. The Morgan fingerprint density at radius 2 is 1.51 bits per heavy atom. The van der Waals surface area contributed by atoms with Crippen LogP contribution in [0.3, 0.4) is 0 Å². The third-order valence-corrected chi connectivity index (χ3v) is 8.96. The summed E-state index contributed by atoms with van der Waals surface area (Å²) < 4.78 is 28.3. The summed E-state index contributed by atoms with van der Waals surface area (Å²) in [5, 5.41) is 6.08. The molecule has 7 nitrogen and oxygen atoms in total. The number of hydrogen-bond donors (Lipinski definition) is 2. The van der Waals surface area contributed by atoms with Crippen LogP contribution in [0.1, 0.15) is 46.4 Å². The molecule has 9 heteroatoms. The van der Waals surface area contributed by atoms with E-state index in [9.17, 15) is 18.4 Å². The predicted molar refractivity (Wildman–Crippen MR) is 190 cm³/mol. The van der Waals surface area contributed by atoms with Crippen LogP contribution >= 0.6 is 0 Å². The van der Waals surface area contributed by atoms with Gasteiger partial charge in [-0.15, -0.1) is 0 Å². The molecule has 49 heavy (non-hydrogen) atoms. The maximum atomic E-state index is 14.1. The van der Waals surface area contributed by atoms with Crippen LogP contribution < -0.4 is 15.5 Å². The minimum Gasteiger partial charge on any atom is -0.369 e. The first-order valence-electron chi connectivity index (χ1n) is 16.5. The zero-order valence-corrected chi connectivity index (χ0v) is 27.4. The first-order valence-corrected chi connectivity index (χ1v) is 16.5. The Morgan fingerprint density at radius 1 is 0.816 bits per heavy atom. The summed E-state index contributed by atoms with van der Waals surface area (Å²) in [7, 11) is 0. The maximum Gasteiger partial charge on any atom is 0.273 e. The smallest absolute Gasteiger partial charge is 0.273 e. The lowest BCUT2D eigenvalue weighted by molar-refractivity contribution is -0.127. The van der Waals surface area contributed by atoms with Crippen molar-refractivity contribution in [2.24, 2.45) is 0 Å². The van der Waals surface area contributed by atoms with E-state index in [0.29, 0.717) is 42.0 Å². The van der Waals surface area contributed by atoms with Crippen molar-refractivity contribution in [1.82, 2.24) is 15.2 Å². The maximum absolute atomic E-state index is 14.1. The molecule has 0 radical (unpaired) electrons. The summed E-state index contributed by atoms with van der Waals surface area (Å²) in [5.41, 5.74) is 5.35. The van der Waals surface area contributed by atoms with Gasteiger partial charge in [0.15, 0.2) is 0 Å². The minimum absolute atomic E-state index is 0.0412. The van der Waals surface area contributed by atoms with E-state index in [-0.39, 0.29) is 23.8 Å². The van der Waals surface area contributed by atoms with Crippen molar-refractivity contribution in [3.63, 3.8) is 0 Å². The molecule has 2 heterocycles. The molecule has 0 aliphatic carbocycles. The van der Waals surface area contributed by atoms with E-state index in [1.54, 1.807) is 36.7 Å². The molecule has 250 valence electrons. The number of nitrogens with one attached hydrogen (secondary N) is 2. The van der Waals surface area contributed by atoms with Gasteiger partial charge in [0.25, 0.3) is 11.8 Å². The highest BCUT2D eigenvalue weighted by atomic mass is 19.3. The number of carbonyl (C=O) groups is 2. The number of benzene rings is 4. The third-order valence-electron chi connectivity index (χ3n) is 8.96. The van der Waals surface area contributed by atoms with Crippen LogP contribution in [0, 0.1) is 0 Å². The second-order valence-corrected chi connectivity index (χ2v) is 12.1. The number of alkyl halides is 2. The molecule has 6 rings (SSSR count). The van der Waals surface area contributed by atoms with Crippen molar-refractivity contribution >= 4 is 23.2 Å². The van der Waals surface area contributed by atoms with Crippen molar-refractivity contribution in [3.8, 4) is 11.1 Å². The average Bonchev–Trinajstić information content (AvgIpc) is 3.15. The van der Waals surface area contributed by atoms with Crippen LogP contribution in [0.5, 0.6) is 0 Å². The van der Waals surface area contributed by atoms with Crippen molar-refractivity contribution in [2.75, 3.05) is 36.4 Å². The topological polar surface area (TPSA) is 77.6 Å². The fourth-order valence-electron chi connectivity index (χ4n) is 6.17. The molecule has 1 saturated heterocycles. The Bertz CT molecular complexity index is 1840. The number of amides is 2. The van der Waals surface area contributed by atoms with Crippen molar-refractivity contribution < 1.29 is 18.4 Å². The van der Waals surface area contributed by atoms with Gasteiger partial charge >= 0.3 is 0 Å². The fraction of sp³-hybridized carbons (Fsp3) is 0.225. The number of anilines is 2. The lowest BCUT2D eigenvalue weighted by Gasteiger charge is -2.39. The molecule has 1 unspecified atom stereocenters. The van der Waals surface area contributed by atoms with E-state index in [1.165, 1.54) is 19.1 Å². The predicted octanol–water partition coefficient (Wildman–Crippen LogP) is 7.68. The zero-order valence-electron chi connectivity index (χ0n) is 27.4. The Labute approximate surface area is 285 Å². The molecule has 0 saturated carbocycles. The SMILES string of the molecule is CCC(F)(F)c1ccc(-c2ccccc2C(=O)Nc2ccc(N3CCN(C(C(=O)NCc4cccnc4)c4ccccc4)CC3)cc2)cc1. The van der Waals surface area contributed by atoms with E-state index < -0.39 is 12.0 Å². The quantitative estimate of drug-likeness (QED) is 0.152. The highest BCUT2D eigenvalue weighted by Crippen LogP contribution is 2.34. The zero-order chi connectivity index (χ0) is 34.2. The number of rotatable bonds is 11. The first kappa shape index (κ1) is 33.5. The summed E-state index contributed by atoms with van der Waals surface area (Å²) in [5.74, 6) is -3.22. The van der Waals surface area contributed by atoms with Crippen LogP contribution in [-0.2, 0) is 17.3 Å².